The van der Waals surface area contributed by atoms with Gasteiger partial charge in [-0.25, -0.2) is 0 Å². The SMILES string of the molecule is Cc1ccc(/C=C(\NC(=O)c2cccc(C)c2)C(=O)NCCc2c[nH]c3ccccc23)cc1. The van der Waals surface area contributed by atoms with Gasteiger partial charge in [0, 0.05) is 29.2 Å². The van der Waals surface area contributed by atoms with E-state index in [1.807, 2.05) is 74.6 Å². The van der Waals surface area contributed by atoms with Crippen LogP contribution in [0.2, 0.25) is 0 Å². The zero-order valence-electron chi connectivity index (χ0n) is 18.8. The van der Waals surface area contributed by atoms with Gasteiger partial charge in [-0.3, -0.25) is 9.59 Å². The molecular weight excluding hydrogens is 410 g/mol. The van der Waals surface area contributed by atoms with Gasteiger partial charge in [0.2, 0.25) is 0 Å². The average Bonchev–Trinajstić information content (AvgIpc) is 3.23. The Kier molecular flexibility index (Phi) is 6.69. The second kappa shape index (κ2) is 10.0. The van der Waals surface area contributed by atoms with Crippen LogP contribution in [0.1, 0.15) is 32.6 Å². The maximum Gasteiger partial charge on any atom is 0.267 e. The molecule has 4 aromatic rings. The minimum absolute atomic E-state index is 0.212. The van der Waals surface area contributed by atoms with E-state index >= 15 is 0 Å². The Labute approximate surface area is 193 Å². The lowest BCUT2D eigenvalue weighted by atomic mass is 10.1. The van der Waals surface area contributed by atoms with E-state index in [2.05, 4.69) is 21.7 Å². The molecule has 0 saturated carbocycles. The van der Waals surface area contributed by atoms with Crippen LogP contribution in [0.3, 0.4) is 0 Å². The Morgan fingerprint density at radius 1 is 0.909 bits per heavy atom. The lowest BCUT2D eigenvalue weighted by Gasteiger charge is -2.12. The fraction of sp³-hybridized carbons (Fsp3) is 0.143. The molecule has 1 heterocycles. The molecule has 1 aromatic heterocycles. The molecular formula is C28H27N3O2. The van der Waals surface area contributed by atoms with Crippen LogP contribution >= 0.6 is 0 Å². The Morgan fingerprint density at radius 2 is 1.70 bits per heavy atom. The van der Waals surface area contributed by atoms with Crippen molar-refractivity contribution in [3.63, 3.8) is 0 Å². The summed E-state index contributed by atoms with van der Waals surface area (Å²) in [6.07, 6.45) is 4.35. The van der Waals surface area contributed by atoms with E-state index in [9.17, 15) is 9.59 Å². The predicted octanol–water partition coefficient (Wildman–Crippen LogP) is 4.91. The molecule has 0 aliphatic heterocycles. The summed E-state index contributed by atoms with van der Waals surface area (Å²) in [7, 11) is 0. The Balaban J connectivity index is 1.49. The first-order valence-electron chi connectivity index (χ1n) is 11.0. The average molecular weight is 438 g/mol. The van der Waals surface area contributed by atoms with Gasteiger partial charge in [0.25, 0.3) is 11.8 Å². The monoisotopic (exact) mass is 437 g/mol. The number of fused-ring (bicyclic) bond motifs is 1. The number of benzene rings is 3. The third-order valence-corrected chi connectivity index (χ3v) is 5.52. The van der Waals surface area contributed by atoms with Crippen molar-refractivity contribution in [1.29, 1.82) is 0 Å². The van der Waals surface area contributed by atoms with Crippen LogP contribution in [0.5, 0.6) is 0 Å². The highest BCUT2D eigenvalue weighted by atomic mass is 16.2. The van der Waals surface area contributed by atoms with Gasteiger partial charge >= 0.3 is 0 Å². The van der Waals surface area contributed by atoms with E-state index in [4.69, 9.17) is 0 Å². The van der Waals surface area contributed by atoms with E-state index in [0.717, 1.165) is 33.2 Å². The number of hydrogen-bond donors (Lipinski definition) is 3. The minimum atomic E-state index is -0.323. The summed E-state index contributed by atoms with van der Waals surface area (Å²) in [5.74, 6) is -0.639. The van der Waals surface area contributed by atoms with Crippen molar-refractivity contribution in [1.82, 2.24) is 15.6 Å². The summed E-state index contributed by atoms with van der Waals surface area (Å²) in [4.78, 5) is 29.1. The molecule has 5 heteroatoms. The molecule has 0 bridgehead atoms. The van der Waals surface area contributed by atoms with Crippen LogP contribution in [-0.2, 0) is 11.2 Å². The van der Waals surface area contributed by atoms with Crippen LogP contribution in [0.25, 0.3) is 17.0 Å². The first-order valence-corrected chi connectivity index (χ1v) is 11.0. The predicted molar refractivity (Wildman–Crippen MR) is 133 cm³/mol. The quantitative estimate of drug-likeness (QED) is 0.359. The number of aryl methyl sites for hydroxylation is 2. The number of aromatic nitrogens is 1. The molecule has 0 radical (unpaired) electrons. The first kappa shape index (κ1) is 22.1. The molecule has 0 unspecified atom stereocenters. The van der Waals surface area contributed by atoms with E-state index < -0.39 is 0 Å². The molecule has 3 N–H and O–H groups in total. The van der Waals surface area contributed by atoms with Crippen molar-refractivity contribution in [2.75, 3.05) is 6.54 Å². The molecule has 0 atom stereocenters. The Bertz CT molecular complexity index is 1320. The van der Waals surface area contributed by atoms with Gasteiger partial charge in [0.15, 0.2) is 0 Å². The second-order valence-corrected chi connectivity index (χ2v) is 8.16. The second-order valence-electron chi connectivity index (χ2n) is 8.16. The number of amides is 2. The van der Waals surface area contributed by atoms with E-state index in [1.165, 1.54) is 0 Å². The number of para-hydroxylation sites is 1. The topological polar surface area (TPSA) is 74.0 Å². The van der Waals surface area contributed by atoms with Gasteiger partial charge in [-0.2, -0.15) is 0 Å². The van der Waals surface area contributed by atoms with E-state index in [-0.39, 0.29) is 17.5 Å². The molecule has 166 valence electrons. The maximum atomic E-state index is 13.0. The number of rotatable bonds is 7. The van der Waals surface area contributed by atoms with Gasteiger partial charge in [-0.05, 0) is 55.7 Å². The number of carbonyl (C=O) groups excluding carboxylic acids is 2. The fourth-order valence-corrected chi connectivity index (χ4v) is 3.71. The Morgan fingerprint density at radius 3 is 2.48 bits per heavy atom. The number of H-pyrrole nitrogens is 1. The standard InChI is InChI=1S/C28H27N3O2/c1-19-10-12-21(13-11-19)17-26(31-27(32)22-7-5-6-20(2)16-22)28(33)29-15-14-23-18-30-25-9-4-3-8-24(23)25/h3-13,16-18,30H,14-15H2,1-2H3,(H,29,33)(H,31,32)/b26-17-. The summed E-state index contributed by atoms with van der Waals surface area (Å²) >= 11 is 0. The highest BCUT2D eigenvalue weighted by Crippen LogP contribution is 2.18. The molecule has 33 heavy (non-hydrogen) atoms. The first-order chi connectivity index (χ1) is 16.0. The van der Waals surface area contributed by atoms with Gasteiger partial charge in [0.1, 0.15) is 5.70 Å². The van der Waals surface area contributed by atoms with Crippen LogP contribution < -0.4 is 10.6 Å². The largest absolute Gasteiger partial charge is 0.361 e. The van der Waals surface area contributed by atoms with Crippen molar-refractivity contribution >= 4 is 28.8 Å². The summed E-state index contributed by atoms with van der Waals surface area (Å²) in [5, 5.41) is 6.90. The van der Waals surface area contributed by atoms with Crippen molar-refractivity contribution in [2.45, 2.75) is 20.3 Å². The van der Waals surface area contributed by atoms with Crippen molar-refractivity contribution < 1.29 is 9.59 Å². The number of nitrogens with one attached hydrogen (secondary N) is 3. The Hall–Kier alpha value is -4.12. The van der Waals surface area contributed by atoms with Gasteiger partial charge in [-0.15, -0.1) is 0 Å². The molecule has 4 rings (SSSR count). The summed E-state index contributed by atoms with van der Waals surface area (Å²) in [6, 6.07) is 23.2. The van der Waals surface area contributed by atoms with Crippen LogP contribution in [0.15, 0.2) is 84.7 Å². The summed E-state index contributed by atoms with van der Waals surface area (Å²) < 4.78 is 0. The number of carbonyl (C=O) groups is 2. The highest BCUT2D eigenvalue weighted by Gasteiger charge is 2.15. The van der Waals surface area contributed by atoms with Crippen molar-refractivity contribution in [3.05, 3.63) is 113 Å². The lowest BCUT2D eigenvalue weighted by Crippen LogP contribution is -2.35. The van der Waals surface area contributed by atoms with E-state index in [0.29, 0.717) is 18.5 Å². The lowest BCUT2D eigenvalue weighted by molar-refractivity contribution is -0.117. The minimum Gasteiger partial charge on any atom is -0.361 e. The zero-order chi connectivity index (χ0) is 23.2. The van der Waals surface area contributed by atoms with Gasteiger partial charge in [-0.1, -0.05) is 65.7 Å². The maximum absolute atomic E-state index is 13.0. The summed E-state index contributed by atoms with van der Waals surface area (Å²) in [6.45, 7) is 4.38. The normalized spacial score (nSPS) is 11.4. The number of hydrogen-bond acceptors (Lipinski definition) is 2. The summed E-state index contributed by atoms with van der Waals surface area (Å²) in [5.41, 5.74) is 5.88. The van der Waals surface area contributed by atoms with Crippen molar-refractivity contribution in [3.8, 4) is 0 Å². The zero-order valence-corrected chi connectivity index (χ0v) is 18.8. The van der Waals surface area contributed by atoms with Gasteiger partial charge < -0.3 is 15.6 Å². The fourth-order valence-electron chi connectivity index (χ4n) is 3.71. The van der Waals surface area contributed by atoms with Crippen LogP contribution in [0, 0.1) is 13.8 Å². The molecule has 0 spiro atoms. The van der Waals surface area contributed by atoms with Crippen molar-refractivity contribution in [2.24, 2.45) is 0 Å². The molecule has 0 aliphatic carbocycles. The third-order valence-electron chi connectivity index (χ3n) is 5.52. The number of aromatic amines is 1. The third kappa shape index (κ3) is 5.57. The van der Waals surface area contributed by atoms with E-state index in [1.54, 1.807) is 18.2 Å². The molecule has 0 aliphatic rings. The van der Waals surface area contributed by atoms with Gasteiger partial charge in [0.05, 0.1) is 0 Å². The van der Waals surface area contributed by atoms with Crippen LogP contribution in [-0.4, -0.2) is 23.3 Å². The molecule has 5 nitrogen and oxygen atoms in total. The molecule has 3 aromatic carbocycles. The molecule has 0 saturated heterocycles. The molecule has 0 fully saturated rings. The highest BCUT2D eigenvalue weighted by molar-refractivity contribution is 6.05. The smallest absolute Gasteiger partial charge is 0.267 e. The van der Waals surface area contributed by atoms with Crippen LogP contribution in [0.4, 0.5) is 0 Å². The molecule has 2 amide bonds.